The minimum Gasteiger partial charge on any atom is -0.372 e. The number of hydrogen-bond acceptors (Lipinski definition) is 8. The van der Waals surface area contributed by atoms with Crippen LogP contribution < -0.4 is 16.0 Å². The zero-order chi connectivity index (χ0) is 23.6. The summed E-state index contributed by atoms with van der Waals surface area (Å²) in [7, 11) is 0. The molecule has 3 aromatic rings. The molecule has 1 saturated heterocycles. The molecule has 3 amide bonds. The fraction of sp³-hybridized carbons (Fsp3) is 0.286. The van der Waals surface area contributed by atoms with Crippen molar-refractivity contribution in [3.8, 4) is 10.7 Å². The average Bonchev–Trinajstić information content (AvgIpc) is 3.32. The van der Waals surface area contributed by atoms with Crippen molar-refractivity contribution in [3.63, 3.8) is 0 Å². The Balaban J connectivity index is 1.39. The second kappa shape index (κ2) is 9.06. The number of hydrogen-bond donors (Lipinski definition) is 3. The predicted octanol–water partition coefficient (Wildman–Crippen LogP) is 3.23. The number of halogens is 2. The highest BCUT2D eigenvalue weighted by Crippen LogP contribution is 2.29. The smallest absolute Gasteiger partial charge is 0.325 e. The van der Waals surface area contributed by atoms with E-state index < -0.39 is 17.4 Å². The summed E-state index contributed by atoms with van der Waals surface area (Å²) in [6.45, 7) is 4.27. The summed E-state index contributed by atoms with van der Waals surface area (Å²) < 4.78 is 27.4. The maximum atomic E-state index is 14.4. The predicted molar refractivity (Wildman–Crippen MR) is 120 cm³/mol. The van der Waals surface area contributed by atoms with Gasteiger partial charge in [-0.15, -0.1) is 0 Å². The fourth-order valence-electron chi connectivity index (χ4n) is 3.21. The molecule has 0 aliphatic carbocycles. The third-order valence-corrected chi connectivity index (χ3v) is 6.11. The Hall–Kier alpha value is -3.67. The van der Waals surface area contributed by atoms with Crippen LogP contribution in [0.3, 0.4) is 0 Å². The first-order valence-electron chi connectivity index (χ1n) is 10.1. The first kappa shape index (κ1) is 22.5. The summed E-state index contributed by atoms with van der Waals surface area (Å²) in [5.74, 6) is -1.11. The Morgan fingerprint density at radius 3 is 2.55 bits per heavy atom. The molecule has 1 aliphatic heterocycles. The molecule has 172 valence electrons. The summed E-state index contributed by atoms with van der Waals surface area (Å²) in [5, 5.41) is 9.46. The number of anilines is 2. The monoisotopic (exact) mass is 473 g/mol. The maximum Gasteiger partial charge on any atom is 0.325 e. The molecule has 0 spiro atoms. The van der Waals surface area contributed by atoms with Gasteiger partial charge in [-0.2, -0.15) is 0 Å². The van der Waals surface area contributed by atoms with Crippen molar-refractivity contribution in [2.75, 3.05) is 23.7 Å². The molecule has 0 bridgehead atoms. The minimum absolute atomic E-state index is 0.0433. The maximum absolute atomic E-state index is 14.4. The van der Waals surface area contributed by atoms with E-state index in [2.05, 4.69) is 30.9 Å². The number of urea groups is 1. The molecule has 0 unspecified atom stereocenters. The molecule has 1 aliphatic rings. The second-order valence-corrected chi connectivity index (χ2v) is 8.83. The lowest BCUT2D eigenvalue weighted by Crippen LogP contribution is -2.46. The summed E-state index contributed by atoms with van der Waals surface area (Å²) in [5.41, 5.74) is -0.0180. The van der Waals surface area contributed by atoms with E-state index >= 15 is 0 Å². The van der Waals surface area contributed by atoms with Crippen LogP contribution in [0.4, 0.5) is 24.5 Å². The molecule has 33 heavy (non-hydrogen) atoms. The minimum atomic E-state index is -0.953. The second-order valence-electron chi connectivity index (χ2n) is 7.80. The van der Waals surface area contributed by atoms with Crippen molar-refractivity contribution in [2.45, 2.75) is 25.9 Å². The van der Waals surface area contributed by atoms with Crippen molar-refractivity contribution in [1.82, 2.24) is 25.2 Å². The molecule has 0 saturated carbocycles. The Kier molecular flexibility index (Phi) is 6.18. The highest BCUT2D eigenvalue weighted by molar-refractivity contribution is 7.18. The normalized spacial score (nSPS) is 15.0. The van der Waals surface area contributed by atoms with Gasteiger partial charge in [-0.05, 0) is 31.5 Å². The number of rotatable bonds is 8. The molecule has 0 radical (unpaired) electrons. The van der Waals surface area contributed by atoms with Crippen molar-refractivity contribution < 1.29 is 18.4 Å². The van der Waals surface area contributed by atoms with E-state index in [0.29, 0.717) is 16.6 Å². The summed E-state index contributed by atoms with van der Waals surface area (Å²) >= 11 is 1.22. The van der Waals surface area contributed by atoms with Crippen LogP contribution in [0.5, 0.6) is 0 Å². The standard InChI is InChI=1S/C21H21F2N7O2S/c1-21(2)18(31)29-20(32)30(21)8-7-24-19-27-10-14(23)16(28-19)17-26-11-15(33-17)25-9-12-3-5-13(22)6-4-12/h3-6,10-11,25H,7-9H2,1-2H3,(H,24,27,28)(H,29,31,32). The van der Waals surface area contributed by atoms with Crippen LogP contribution in [0, 0.1) is 11.6 Å². The first-order valence-corrected chi connectivity index (χ1v) is 10.9. The molecule has 2 aromatic heterocycles. The van der Waals surface area contributed by atoms with Gasteiger partial charge < -0.3 is 15.5 Å². The SMILES string of the molecule is CC1(C)C(=O)NC(=O)N1CCNc1ncc(F)c(-c2ncc(NCc3ccc(F)cc3)s2)n1. The zero-order valence-corrected chi connectivity index (χ0v) is 18.7. The number of nitrogens with zero attached hydrogens (tertiary/aromatic N) is 4. The van der Waals surface area contributed by atoms with E-state index in [1.165, 1.54) is 28.4 Å². The molecular formula is C21H21F2N7O2S. The van der Waals surface area contributed by atoms with Gasteiger partial charge in [-0.1, -0.05) is 23.5 Å². The molecule has 0 atom stereocenters. The molecule has 1 fully saturated rings. The number of nitrogens with one attached hydrogen (secondary N) is 3. The number of imide groups is 1. The topological polar surface area (TPSA) is 112 Å². The largest absolute Gasteiger partial charge is 0.372 e. The highest BCUT2D eigenvalue weighted by Gasteiger charge is 2.45. The van der Waals surface area contributed by atoms with Crippen LogP contribution in [0.25, 0.3) is 10.7 Å². The molecule has 3 N–H and O–H groups in total. The number of benzene rings is 1. The van der Waals surface area contributed by atoms with Crippen molar-refractivity contribution in [1.29, 1.82) is 0 Å². The van der Waals surface area contributed by atoms with Gasteiger partial charge in [0.25, 0.3) is 5.91 Å². The van der Waals surface area contributed by atoms with Crippen LogP contribution in [0.15, 0.2) is 36.7 Å². The van der Waals surface area contributed by atoms with E-state index in [4.69, 9.17) is 0 Å². The van der Waals surface area contributed by atoms with Crippen molar-refractivity contribution in [3.05, 3.63) is 53.9 Å². The van der Waals surface area contributed by atoms with Gasteiger partial charge in [0.2, 0.25) is 5.95 Å². The Labute approximate surface area is 192 Å². The average molecular weight is 474 g/mol. The molecule has 12 heteroatoms. The number of amides is 3. The van der Waals surface area contributed by atoms with Crippen molar-refractivity contribution >= 4 is 34.2 Å². The van der Waals surface area contributed by atoms with Gasteiger partial charge in [-0.25, -0.2) is 28.5 Å². The van der Waals surface area contributed by atoms with Gasteiger partial charge in [0.05, 0.1) is 12.4 Å². The van der Waals surface area contributed by atoms with Crippen LogP contribution >= 0.6 is 11.3 Å². The first-order chi connectivity index (χ1) is 15.7. The quantitative estimate of drug-likeness (QED) is 0.431. The number of carbonyl (C=O) groups is 2. The lowest BCUT2D eigenvalue weighted by Gasteiger charge is -2.27. The number of thiazole rings is 1. The van der Waals surface area contributed by atoms with E-state index in [-0.39, 0.29) is 36.5 Å². The Morgan fingerprint density at radius 2 is 1.85 bits per heavy atom. The summed E-state index contributed by atoms with van der Waals surface area (Å²) in [4.78, 5) is 37.6. The zero-order valence-electron chi connectivity index (χ0n) is 17.9. The Morgan fingerprint density at radius 1 is 1.09 bits per heavy atom. The number of aromatic nitrogens is 3. The molecular weight excluding hydrogens is 452 g/mol. The molecule has 1 aromatic carbocycles. The van der Waals surface area contributed by atoms with Crippen molar-refractivity contribution in [2.24, 2.45) is 0 Å². The van der Waals surface area contributed by atoms with Crippen LogP contribution in [0.1, 0.15) is 19.4 Å². The van der Waals surface area contributed by atoms with Crippen LogP contribution in [-0.2, 0) is 11.3 Å². The van der Waals surface area contributed by atoms with Gasteiger partial charge in [0.1, 0.15) is 27.1 Å². The van der Waals surface area contributed by atoms with E-state index in [1.807, 2.05) is 0 Å². The van der Waals surface area contributed by atoms with Crippen LogP contribution in [-0.4, -0.2) is 50.4 Å². The lowest BCUT2D eigenvalue weighted by atomic mass is 10.0. The van der Waals surface area contributed by atoms with Gasteiger partial charge >= 0.3 is 6.03 Å². The van der Waals surface area contributed by atoms with Crippen LogP contribution in [0.2, 0.25) is 0 Å². The van der Waals surface area contributed by atoms with Gasteiger partial charge in [-0.3, -0.25) is 10.1 Å². The molecule has 9 nitrogen and oxygen atoms in total. The van der Waals surface area contributed by atoms with E-state index in [9.17, 15) is 18.4 Å². The van der Waals surface area contributed by atoms with Gasteiger partial charge in [0, 0.05) is 19.6 Å². The third-order valence-electron chi connectivity index (χ3n) is 5.15. The summed E-state index contributed by atoms with van der Waals surface area (Å²) in [6, 6.07) is 5.66. The van der Waals surface area contributed by atoms with E-state index in [0.717, 1.165) is 11.8 Å². The fourth-order valence-corrected chi connectivity index (χ4v) is 4.02. The molecule has 4 rings (SSSR count). The molecule has 3 heterocycles. The Bertz CT molecular complexity index is 1180. The van der Waals surface area contributed by atoms with E-state index in [1.54, 1.807) is 32.2 Å². The number of carbonyl (C=O) groups excluding carboxylic acids is 2. The summed E-state index contributed by atoms with van der Waals surface area (Å²) in [6.07, 6.45) is 2.62. The highest BCUT2D eigenvalue weighted by atomic mass is 32.1. The van der Waals surface area contributed by atoms with Gasteiger partial charge in [0.15, 0.2) is 5.82 Å². The third kappa shape index (κ3) is 4.90. The lowest BCUT2D eigenvalue weighted by molar-refractivity contribution is -0.125.